The maximum absolute atomic E-state index is 13.1. The summed E-state index contributed by atoms with van der Waals surface area (Å²) in [6, 6.07) is 8.80. The van der Waals surface area contributed by atoms with E-state index in [1.54, 1.807) is 6.07 Å². The van der Waals surface area contributed by atoms with Gasteiger partial charge >= 0.3 is 6.18 Å². The first-order chi connectivity index (χ1) is 10.0. The summed E-state index contributed by atoms with van der Waals surface area (Å²) in [5.41, 5.74) is 0.470. The van der Waals surface area contributed by atoms with Crippen molar-refractivity contribution in [2.45, 2.75) is 6.18 Å². The van der Waals surface area contributed by atoms with E-state index in [1.807, 2.05) is 6.07 Å². The molecule has 0 atom stereocenters. The number of fused-ring (bicyclic) bond motifs is 1. The van der Waals surface area contributed by atoms with Gasteiger partial charge in [-0.05, 0) is 17.7 Å². The summed E-state index contributed by atoms with van der Waals surface area (Å²) < 4.78 is 39.3. The molecule has 104 valence electrons. The van der Waals surface area contributed by atoms with Crippen molar-refractivity contribution in [2.75, 3.05) is 0 Å². The van der Waals surface area contributed by atoms with Gasteiger partial charge in [0.15, 0.2) is 0 Å². The van der Waals surface area contributed by atoms with Gasteiger partial charge in [0, 0.05) is 23.3 Å². The molecule has 1 N–H and O–H groups in total. The monoisotopic (exact) mass is 287 g/mol. The Kier molecular flexibility index (Phi) is 2.91. The predicted octanol–water partition coefficient (Wildman–Crippen LogP) is 4.12. The van der Waals surface area contributed by atoms with E-state index in [0.717, 1.165) is 6.07 Å². The summed E-state index contributed by atoms with van der Waals surface area (Å²) >= 11 is 0. The van der Waals surface area contributed by atoms with Crippen LogP contribution < -0.4 is 0 Å². The zero-order chi connectivity index (χ0) is 15.0. The van der Waals surface area contributed by atoms with Crippen molar-refractivity contribution in [2.24, 2.45) is 0 Å². The molecule has 0 spiro atoms. The van der Waals surface area contributed by atoms with E-state index in [2.05, 4.69) is 9.97 Å². The molecule has 0 unspecified atom stereocenters. The number of hydrogen-bond acceptors (Lipinski definition) is 2. The van der Waals surface area contributed by atoms with Crippen LogP contribution in [0.2, 0.25) is 0 Å². The number of benzene rings is 1. The predicted molar refractivity (Wildman–Crippen MR) is 71.2 cm³/mol. The van der Waals surface area contributed by atoms with Gasteiger partial charge in [-0.3, -0.25) is 0 Å². The van der Waals surface area contributed by atoms with Crippen molar-refractivity contribution in [3.8, 4) is 17.2 Å². The molecule has 0 saturated heterocycles. The molecule has 0 aliphatic rings. The van der Waals surface area contributed by atoms with Crippen LogP contribution in [0, 0.1) is 11.3 Å². The lowest BCUT2D eigenvalue weighted by molar-refractivity contribution is -0.137. The molecule has 1 aromatic carbocycles. The molecular formula is C15H8F3N3. The SMILES string of the molecule is N#Cc1cnc2[nH]cc(-c3ccccc3C(F)(F)F)c2c1. The third-order valence-corrected chi connectivity index (χ3v) is 3.18. The molecule has 21 heavy (non-hydrogen) atoms. The second kappa shape index (κ2) is 4.63. The Morgan fingerprint density at radius 2 is 1.90 bits per heavy atom. The lowest BCUT2D eigenvalue weighted by Gasteiger charge is -2.11. The van der Waals surface area contributed by atoms with Crippen LogP contribution in [-0.4, -0.2) is 9.97 Å². The molecule has 3 aromatic rings. The van der Waals surface area contributed by atoms with Gasteiger partial charge in [0.1, 0.15) is 11.7 Å². The van der Waals surface area contributed by atoms with E-state index in [9.17, 15) is 13.2 Å². The van der Waals surface area contributed by atoms with Crippen LogP contribution in [-0.2, 0) is 6.18 Å². The van der Waals surface area contributed by atoms with E-state index >= 15 is 0 Å². The van der Waals surface area contributed by atoms with E-state index in [4.69, 9.17) is 5.26 Å². The van der Waals surface area contributed by atoms with Gasteiger partial charge in [-0.15, -0.1) is 0 Å². The first-order valence-electron chi connectivity index (χ1n) is 6.04. The van der Waals surface area contributed by atoms with E-state index in [0.29, 0.717) is 22.2 Å². The molecule has 0 radical (unpaired) electrons. The molecule has 6 heteroatoms. The third kappa shape index (κ3) is 2.23. The Bertz CT molecular complexity index is 856. The Hall–Kier alpha value is -2.81. The summed E-state index contributed by atoms with van der Waals surface area (Å²) in [4.78, 5) is 6.86. The topological polar surface area (TPSA) is 52.5 Å². The number of alkyl halides is 3. The quantitative estimate of drug-likeness (QED) is 0.732. The highest BCUT2D eigenvalue weighted by atomic mass is 19.4. The minimum atomic E-state index is -4.44. The molecule has 0 aliphatic carbocycles. The largest absolute Gasteiger partial charge is 0.417 e. The number of nitriles is 1. The lowest BCUT2D eigenvalue weighted by atomic mass is 9.99. The van der Waals surface area contributed by atoms with Gasteiger partial charge < -0.3 is 4.98 Å². The molecule has 2 aromatic heterocycles. The molecule has 0 bridgehead atoms. The maximum atomic E-state index is 13.1. The van der Waals surface area contributed by atoms with Crippen LogP contribution in [0.1, 0.15) is 11.1 Å². The zero-order valence-corrected chi connectivity index (χ0v) is 10.6. The number of halogens is 3. The first-order valence-corrected chi connectivity index (χ1v) is 6.04. The Labute approximate surface area is 117 Å². The molecule has 0 amide bonds. The number of H-pyrrole nitrogens is 1. The van der Waals surface area contributed by atoms with Crippen molar-refractivity contribution < 1.29 is 13.2 Å². The summed E-state index contributed by atoms with van der Waals surface area (Å²) in [7, 11) is 0. The molecule has 0 aliphatic heterocycles. The van der Waals surface area contributed by atoms with Crippen LogP contribution >= 0.6 is 0 Å². The Morgan fingerprint density at radius 3 is 2.62 bits per heavy atom. The summed E-state index contributed by atoms with van der Waals surface area (Å²) in [5, 5.41) is 9.39. The fourth-order valence-corrected chi connectivity index (χ4v) is 2.25. The molecule has 3 rings (SSSR count). The number of hydrogen-bond donors (Lipinski definition) is 1. The maximum Gasteiger partial charge on any atom is 0.417 e. The van der Waals surface area contributed by atoms with E-state index in [-0.39, 0.29) is 5.56 Å². The third-order valence-electron chi connectivity index (χ3n) is 3.18. The summed E-state index contributed by atoms with van der Waals surface area (Å²) in [6.45, 7) is 0. The number of nitrogens with zero attached hydrogens (tertiary/aromatic N) is 2. The molecule has 0 saturated carbocycles. The van der Waals surface area contributed by atoms with Crippen LogP contribution in [0.4, 0.5) is 13.2 Å². The number of pyridine rings is 1. The number of rotatable bonds is 1. The average molecular weight is 287 g/mol. The fourth-order valence-electron chi connectivity index (χ4n) is 2.25. The van der Waals surface area contributed by atoms with Gasteiger partial charge in [0.05, 0.1) is 11.1 Å². The number of aromatic amines is 1. The first kappa shape index (κ1) is 13.2. The van der Waals surface area contributed by atoms with Gasteiger partial charge in [-0.1, -0.05) is 18.2 Å². The van der Waals surface area contributed by atoms with Gasteiger partial charge in [-0.25, -0.2) is 4.98 Å². The minimum Gasteiger partial charge on any atom is -0.346 e. The lowest BCUT2D eigenvalue weighted by Crippen LogP contribution is -2.06. The van der Waals surface area contributed by atoms with Crippen LogP contribution in [0.5, 0.6) is 0 Å². The van der Waals surface area contributed by atoms with Crippen molar-refractivity contribution >= 4 is 11.0 Å². The van der Waals surface area contributed by atoms with Crippen molar-refractivity contribution in [3.63, 3.8) is 0 Å². The van der Waals surface area contributed by atoms with E-state index in [1.165, 1.54) is 30.6 Å². The molecule has 0 fully saturated rings. The van der Waals surface area contributed by atoms with Crippen LogP contribution in [0.3, 0.4) is 0 Å². The normalized spacial score (nSPS) is 11.5. The van der Waals surface area contributed by atoms with Crippen LogP contribution in [0.25, 0.3) is 22.2 Å². The zero-order valence-electron chi connectivity index (χ0n) is 10.6. The molecular weight excluding hydrogens is 279 g/mol. The van der Waals surface area contributed by atoms with Crippen molar-refractivity contribution in [3.05, 3.63) is 53.9 Å². The standard InChI is InChI=1S/C15H8F3N3/c16-15(17,18)13-4-2-1-3-10(13)12-8-21-14-11(12)5-9(6-19)7-20-14/h1-5,7-8H,(H,20,21). The highest BCUT2D eigenvalue weighted by molar-refractivity contribution is 5.95. The highest BCUT2D eigenvalue weighted by Crippen LogP contribution is 2.39. The Morgan fingerprint density at radius 1 is 1.14 bits per heavy atom. The number of nitrogens with one attached hydrogen (secondary N) is 1. The van der Waals surface area contributed by atoms with Gasteiger partial charge in [0.2, 0.25) is 0 Å². The minimum absolute atomic E-state index is 0.0631. The van der Waals surface area contributed by atoms with Crippen molar-refractivity contribution in [1.29, 1.82) is 5.26 Å². The van der Waals surface area contributed by atoms with Gasteiger partial charge in [0.25, 0.3) is 0 Å². The summed E-state index contributed by atoms with van der Waals surface area (Å²) in [5.74, 6) is 0. The highest BCUT2D eigenvalue weighted by Gasteiger charge is 2.33. The second-order valence-electron chi connectivity index (χ2n) is 4.48. The van der Waals surface area contributed by atoms with Crippen molar-refractivity contribution in [1.82, 2.24) is 9.97 Å². The fraction of sp³-hybridized carbons (Fsp3) is 0.0667. The van der Waals surface area contributed by atoms with Gasteiger partial charge in [-0.2, -0.15) is 18.4 Å². The smallest absolute Gasteiger partial charge is 0.346 e. The average Bonchev–Trinajstić information content (AvgIpc) is 2.89. The summed E-state index contributed by atoms with van der Waals surface area (Å²) in [6.07, 6.45) is -1.60. The molecule has 3 nitrogen and oxygen atoms in total. The Balaban J connectivity index is 2.29. The molecule has 2 heterocycles. The van der Waals surface area contributed by atoms with Crippen LogP contribution in [0.15, 0.2) is 42.7 Å². The van der Waals surface area contributed by atoms with E-state index < -0.39 is 11.7 Å². The second-order valence-corrected chi connectivity index (χ2v) is 4.48. The number of aromatic nitrogens is 2.